The van der Waals surface area contributed by atoms with Gasteiger partial charge in [0.05, 0.1) is 13.7 Å². The van der Waals surface area contributed by atoms with Crippen molar-refractivity contribution in [2.75, 3.05) is 20.2 Å². The molecule has 0 saturated carbocycles. The minimum atomic E-state index is -1.92. The van der Waals surface area contributed by atoms with Crippen LogP contribution in [0.25, 0.3) is 0 Å². The van der Waals surface area contributed by atoms with E-state index in [9.17, 15) is 23.2 Å². The number of carbonyl (C=O) groups is 3. The molecule has 0 spiro atoms. The summed E-state index contributed by atoms with van der Waals surface area (Å²) < 4.78 is 36.1. The number of benzene rings is 2. The zero-order valence-electron chi connectivity index (χ0n) is 16.6. The van der Waals surface area contributed by atoms with Crippen LogP contribution in [0.2, 0.25) is 0 Å². The van der Waals surface area contributed by atoms with E-state index in [1.165, 1.54) is 12.1 Å². The number of ether oxygens (including phenoxy) is 2. The molecule has 2 amide bonds. The van der Waals surface area contributed by atoms with Gasteiger partial charge in [-0.05, 0) is 36.4 Å². The summed E-state index contributed by atoms with van der Waals surface area (Å²) in [5, 5.41) is 2.44. The summed E-state index contributed by atoms with van der Waals surface area (Å²) in [6.07, 6.45) is -2.22. The van der Waals surface area contributed by atoms with Crippen molar-refractivity contribution in [1.29, 1.82) is 0 Å². The number of rotatable bonds is 6. The average Bonchev–Trinajstić information content (AvgIpc) is 3.24. The highest BCUT2D eigenvalue weighted by Crippen LogP contribution is 2.27. The lowest BCUT2D eigenvalue weighted by atomic mass is 10.2. The van der Waals surface area contributed by atoms with Gasteiger partial charge >= 0.3 is 5.97 Å². The van der Waals surface area contributed by atoms with Crippen LogP contribution in [-0.4, -0.2) is 48.9 Å². The van der Waals surface area contributed by atoms with Crippen LogP contribution in [0.3, 0.4) is 0 Å². The molecule has 3 rings (SSSR count). The molecule has 2 aromatic rings. The van der Waals surface area contributed by atoms with Crippen LogP contribution >= 0.6 is 0 Å². The fourth-order valence-corrected chi connectivity index (χ4v) is 3.13. The Morgan fingerprint density at radius 1 is 1.03 bits per heavy atom. The summed E-state index contributed by atoms with van der Waals surface area (Å²) in [6, 6.07) is 14.3. The second kappa shape index (κ2) is 9.84. The molecular formula is C22H20F2N2O5. The van der Waals surface area contributed by atoms with E-state index >= 15 is 0 Å². The summed E-state index contributed by atoms with van der Waals surface area (Å²) in [4.78, 5) is 37.6. The number of halogens is 2. The molecule has 31 heavy (non-hydrogen) atoms. The van der Waals surface area contributed by atoms with Crippen LogP contribution in [0.4, 0.5) is 8.78 Å². The Bertz CT molecular complexity index is 989. The fraction of sp³-hybridized carbons (Fsp3) is 0.227. The molecule has 9 heteroatoms. The first-order valence-corrected chi connectivity index (χ1v) is 9.40. The number of methoxy groups -OCH3 is 1. The van der Waals surface area contributed by atoms with Crippen molar-refractivity contribution in [3.05, 3.63) is 71.8 Å². The van der Waals surface area contributed by atoms with E-state index in [2.05, 4.69) is 10.1 Å². The van der Waals surface area contributed by atoms with E-state index in [1.54, 1.807) is 24.3 Å². The number of esters is 1. The predicted molar refractivity (Wildman–Crippen MR) is 107 cm³/mol. The normalized spacial score (nSPS) is 15.4. The topological polar surface area (TPSA) is 84.9 Å². The molecule has 1 aliphatic heterocycles. The number of hydrogen-bond donors (Lipinski definition) is 1. The molecule has 1 unspecified atom stereocenters. The fourth-order valence-electron chi connectivity index (χ4n) is 3.13. The number of nitrogens with zero attached hydrogens (tertiary/aromatic N) is 1. The molecule has 0 aliphatic carbocycles. The van der Waals surface area contributed by atoms with Crippen molar-refractivity contribution in [2.45, 2.75) is 12.5 Å². The molecule has 0 aromatic heterocycles. The van der Waals surface area contributed by atoms with E-state index in [0.717, 1.165) is 12.0 Å². The minimum Gasteiger partial charge on any atom is -0.467 e. The lowest BCUT2D eigenvalue weighted by molar-refractivity contribution is -0.150. The van der Waals surface area contributed by atoms with Crippen LogP contribution in [0, 0.1) is 0 Å². The van der Waals surface area contributed by atoms with Gasteiger partial charge in [-0.2, -0.15) is 8.78 Å². The van der Waals surface area contributed by atoms with Gasteiger partial charge in [0.2, 0.25) is 5.91 Å². The molecule has 162 valence electrons. The number of likely N-dealkylation sites (tertiary alicyclic amines) is 1. The van der Waals surface area contributed by atoms with E-state index in [4.69, 9.17) is 4.74 Å². The quantitative estimate of drug-likeness (QED) is 0.712. The van der Waals surface area contributed by atoms with Gasteiger partial charge in [0.15, 0.2) is 0 Å². The van der Waals surface area contributed by atoms with E-state index in [1.807, 2.05) is 18.2 Å². The van der Waals surface area contributed by atoms with Gasteiger partial charge in [0.1, 0.15) is 17.5 Å². The predicted octanol–water partition coefficient (Wildman–Crippen LogP) is 3.13. The molecule has 0 bridgehead atoms. The molecule has 1 saturated heterocycles. The van der Waals surface area contributed by atoms with Gasteiger partial charge in [-0.25, -0.2) is 4.79 Å². The molecule has 1 aliphatic rings. The maximum Gasteiger partial charge on any atom is 0.328 e. The minimum absolute atomic E-state index is 0.287. The zero-order valence-corrected chi connectivity index (χ0v) is 16.6. The number of para-hydroxylation sites is 1. The number of nitrogens with one attached hydrogen (secondary N) is 1. The Kier molecular flexibility index (Phi) is 6.96. The second-order valence-corrected chi connectivity index (χ2v) is 6.75. The van der Waals surface area contributed by atoms with Crippen LogP contribution < -0.4 is 10.1 Å². The van der Waals surface area contributed by atoms with Gasteiger partial charge < -0.3 is 19.7 Å². The lowest BCUT2D eigenvalue weighted by Gasteiger charge is -2.22. The van der Waals surface area contributed by atoms with Crippen molar-refractivity contribution in [3.63, 3.8) is 0 Å². The molecule has 1 fully saturated rings. The summed E-state index contributed by atoms with van der Waals surface area (Å²) in [5.74, 6) is -0.798. The SMILES string of the molecule is COC(=O)C1CC(=C(F)F)CN1C(=O)CNC(=O)c1ccc(Oc2ccccc2)cc1. The van der Waals surface area contributed by atoms with Gasteiger partial charge in [0, 0.05) is 24.1 Å². The van der Waals surface area contributed by atoms with Gasteiger partial charge in [-0.1, -0.05) is 18.2 Å². The molecule has 1 atom stereocenters. The lowest BCUT2D eigenvalue weighted by Crippen LogP contribution is -2.45. The third-order valence-electron chi connectivity index (χ3n) is 4.73. The Hall–Kier alpha value is -3.75. The monoisotopic (exact) mass is 430 g/mol. The van der Waals surface area contributed by atoms with Gasteiger partial charge in [0.25, 0.3) is 12.0 Å². The molecule has 7 nitrogen and oxygen atoms in total. The standard InChI is InChI=1S/C22H20F2N2O5/c1-30-22(29)18-11-15(20(23)24)13-26(18)19(27)12-25-21(28)14-7-9-17(10-8-14)31-16-5-3-2-4-6-16/h2-10,18H,11-13H2,1H3,(H,25,28). The molecule has 2 aromatic carbocycles. The van der Waals surface area contributed by atoms with Gasteiger partial charge in [-0.15, -0.1) is 0 Å². The molecule has 1 heterocycles. The first kappa shape index (κ1) is 21.9. The van der Waals surface area contributed by atoms with Crippen LogP contribution in [-0.2, 0) is 14.3 Å². The number of amides is 2. The smallest absolute Gasteiger partial charge is 0.328 e. The van der Waals surface area contributed by atoms with E-state index in [-0.39, 0.29) is 24.1 Å². The summed E-state index contributed by atoms with van der Waals surface area (Å²) in [5.41, 5.74) is -0.0152. The maximum atomic E-state index is 12.9. The van der Waals surface area contributed by atoms with Crippen molar-refractivity contribution in [1.82, 2.24) is 10.2 Å². The van der Waals surface area contributed by atoms with Crippen molar-refractivity contribution in [2.24, 2.45) is 0 Å². The highest BCUT2D eigenvalue weighted by molar-refractivity contribution is 5.97. The van der Waals surface area contributed by atoms with Crippen molar-refractivity contribution < 1.29 is 32.6 Å². The highest BCUT2D eigenvalue weighted by atomic mass is 19.3. The Morgan fingerprint density at radius 2 is 1.68 bits per heavy atom. The first-order valence-electron chi connectivity index (χ1n) is 9.40. The third-order valence-corrected chi connectivity index (χ3v) is 4.73. The third kappa shape index (κ3) is 5.44. The van der Waals surface area contributed by atoms with Crippen LogP contribution in [0.1, 0.15) is 16.8 Å². The Balaban J connectivity index is 1.58. The Morgan fingerprint density at radius 3 is 2.29 bits per heavy atom. The van der Waals surface area contributed by atoms with E-state index in [0.29, 0.717) is 11.5 Å². The summed E-state index contributed by atoms with van der Waals surface area (Å²) in [6.45, 7) is -0.835. The number of hydrogen-bond acceptors (Lipinski definition) is 5. The molecule has 1 N–H and O–H groups in total. The van der Waals surface area contributed by atoms with Crippen molar-refractivity contribution in [3.8, 4) is 11.5 Å². The average molecular weight is 430 g/mol. The molecular weight excluding hydrogens is 410 g/mol. The zero-order chi connectivity index (χ0) is 22.4. The molecule has 0 radical (unpaired) electrons. The Labute approximate surface area is 177 Å². The first-order chi connectivity index (χ1) is 14.9. The largest absolute Gasteiger partial charge is 0.467 e. The number of carbonyl (C=O) groups excluding carboxylic acids is 3. The summed E-state index contributed by atoms with van der Waals surface area (Å²) in [7, 11) is 1.12. The highest BCUT2D eigenvalue weighted by Gasteiger charge is 2.39. The summed E-state index contributed by atoms with van der Waals surface area (Å²) >= 11 is 0. The van der Waals surface area contributed by atoms with Crippen molar-refractivity contribution >= 4 is 17.8 Å². The van der Waals surface area contributed by atoms with Gasteiger partial charge in [-0.3, -0.25) is 9.59 Å². The maximum absolute atomic E-state index is 12.9. The van der Waals surface area contributed by atoms with Crippen LogP contribution in [0.15, 0.2) is 66.3 Å². The second-order valence-electron chi connectivity index (χ2n) is 6.75. The van der Waals surface area contributed by atoms with Crippen LogP contribution in [0.5, 0.6) is 11.5 Å². The van der Waals surface area contributed by atoms with E-state index < -0.39 is 36.5 Å².